The van der Waals surface area contributed by atoms with Crippen molar-refractivity contribution in [2.45, 2.75) is 26.3 Å². The molecule has 2 heterocycles. The van der Waals surface area contributed by atoms with Crippen LogP contribution in [0.2, 0.25) is 10.0 Å². The monoisotopic (exact) mass is 405 g/mol. The standard InChI is InChI=1S/C19H17Cl2N3O3/c1-19(2,3)23-9-5-6-11(23)10-12-16(25)22-18(27)24(17(12)26)14-8-4-7-13(20)15(14)21/h4-10H,1-3H3,(H,22,25,27). The number of rotatable bonds is 2. The van der Waals surface area contributed by atoms with Gasteiger partial charge in [0.15, 0.2) is 0 Å². The molecular weight excluding hydrogens is 389 g/mol. The number of benzene rings is 1. The number of carbonyl (C=O) groups is 3. The highest BCUT2D eigenvalue weighted by atomic mass is 35.5. The van der Waals surface area contributed by atoms with Crippen LogP contribution >= 0.6 is 23.2 Å². The molecule has 1 saturated heterocycles. The van der Waals surface area contributed by atoms with Crippen molar-refractivity contribution in [3.05, 3.63) is 57.8 Å². The molecule has 1 aromatic carbocycles. The van der Waals surface area contributed by atoms with Crippen LogP contribution in [0.5, 0.6) is 0 Å². The first kappa shape index (κ1) is 19.2. The third-order valence-corrected chi connectivity index (χ3v) is 4.88. The molecule has 140 valence electrons. The van der Waals surface area contributed by atoms with Crippen molar-refractivity contribution >= 4 is 52.8 Å². The number of anilines is 1. The van der Waals surface area contributed by atoms with E-state index in [-0.39, 0.29) is 26.8 Å². The van der Waals surface area contributed by atoms with Crippen LogP contribution in [-0.4, -0.2) is 22.4 Å². The third kappa shape index (κ3) is 3.50. The van der Waals surface area contributed by atoms with Gasteiger partial charge < -0.3 is 4.57 Å². The molecule has 1 N–H and O–H groups in total. The third-order valence-electron chi connectivity index (χ3n) is 4.07. The van der Waals surface area contributed by atoms with E-state index in [2.05, 4.69) is 5.32 Å². The van der Waals surface area contributed by atoms with E-state index in [1.807, 2.05) is 37.6 Å². The molecule has 1 aromatic heterocycles. The average Bonchev–Trinajstić information content (AvgIpc) is 3.04. The summed E-state index contributed by atoms with van der Waals surface area (Å²) in [5, 5.41) is 2.42. The number of aromatic nitrogens is 1. The topological polar surface area (TPSA) is 71.4 Å². The number of halogens is 2. The average molecular weight is 406 g/mol. The van der Waals surface area contributed by atoms with E-state index >= 15 is 0 Å². The first-order valence-corrected chi connectivity index (χ1v) is 8.90. The molecule has 1 fully saturated rings. The summed E-state index contributed by atoms with van der Waals surface area (Å²) in [6, 6.07) is 7.31. The fraction of sp³-hybridized carbons (Fsp3) is 0.211. The number of nitrogens with zero attached hydrogens (tertiary/aromatic N) is 2. The lowest BCUT2D eigenvalue weighted by molar-refractivity contribution is -0.122. The molecule has 1 aliphatic heterocycles. The van der Waals surface area contributed by atoms with Crippen LogP contribution in [0.3, 0.4) is 0 Å². The summed E-state index contributed by atoms with van der Waals surface area (Å²) in [4.78, 5) is 38.4. The summed E-state index contributed by atoms with van der Waals surface area (Å²) in [7, 11) is 0. The van der Waals surface area contributed by atoms with Gasteiger partial charge in [-0.1, -0.05) is 29.3 Å². The number of carbonyl (C=O) groups excluding carboxylic acids is 3. The van der Waals surface area contributed by atoms with Crippen LogP contribution in [0.15, 0.2) is 42.1 Å². The molecule has 0 radical (unpaired) electrons. The second-order valence-corrected chi connectivity index (χ2v) is 7.79. The zero-order valence-electron chi connectivity index (χ0n) is 14.9. The molecule has 0 atom stereocenters. The molecule has 0 aliphatic carbocycles. The maximum absolute atomic E-state index is 13.0. The molecule has 3 rings (SSSR count). The fourth-order valence-corrected chi connectivity index (χ4v) is 3.19. The molecule has 0 bridgehead atoms. The minimum Gasteiger partial charge on any atom is -0.343 e. The van der Waals surface area contributed by atoms with Crippen LogP contribution in [0, 0.1) is 0 Å². The molecule has 0 spiro atoms. The number of urea groups is 1. The summed E-state index contributed by atoms with van der Waals surface area (Å²) >= 11 is 12.1. The molecule has 27 heavy (non-hydrogen) atoms. The molecule has 0 unspecified atom stereocenters. The second-order valence-electron chi connectivity index (χ2n) is 7.00. The lowest BCUT2D eigenvalue weighted by atomic mass is 10.1. The van der Waals surface area contributed by atoms with Gasteiger partial charge in [-0.2, -0.15) is 0 Å². The number of nitrogens with one attached hydrogen (secondary N) is 1. The van der Waals surface area contributed by atoms with E-state index in [1.54, 1.807) is 12.1 Å². The Balaban J connectivity index is 2.09. The van der Waals surface area contributed by atoms with Gasteiger partial charge >= 0.3 is 6.03 Å². The first-order chi connectivity index (χ1) is 12.6. The number of hydrogen-bond acceptors (Lipinski definition) is 3. The van der Waals surface area contributed by atoms with Crippen molar-refractivity contribution in [1.82, 2.24) is 9.88 Å². The predicted octanol–water partition coefficient (Wildman–Crippen LogP) is 4.22. The minimum absolute atomic E-state index is 0.0504. The smallest absolute Gasteiger partial charge is 0.336 e. The Morgan fingerprint density at radius 2 is 1.74 bits per heavy atom. The van der Waals surface area contributed by atoms with Crippen LogP contribution in [0.25, 0.3) is 6.08 Å². The van der Waals surface area contributed by atoms with Crippen LogP contribution < -0.4 is 10.2 Å². The van der Waals surface area contributed by atoms with Gasteiger partial charge in [-0.15, -0.1) is 0 Å². The van der Waals surface area contributed by atoms with Gasteiger partial charge in [0.2, 0.25) is 0 Å². The van der Waals surface area contributed by atoms with Crippen LogP contribution in [-0.2, 0) is 15.1 Å². The Morgan fingerprint density at radius 1 is 1.04 bits per heavy atom. The lowest BCUT2D eigenvalue weighted by Crippen LogP contribution is -2.54. The van der Waals surface area contributed by atoms with Crippen LogP contribution in [0.4, 0.5) is 10.5 Å². The number of barbiturate groups is 1. The summed E-state index contributed by atoms with van der Waals surface area (Å²) in [5.41, 5.74) is 0.342. The van der Waals surface area contributed by atoms with E-state index in [0.29, 0.717) is 5.69 Å². The summed E-state index contributed by atoms with van der Waals surface area (Å²) in [6.45, 7) is 6.00. The minimum atomic E-state index is -0.877. The Hall–Kier alpha value is -2.57. The van der Waals surface area contributed by atoms with Gasteiger partial charge in [0, 0.05) is 17.4 Å². The summed E-state index contributed by atoms with van der Waals surface area (Å²) in [5.74, 6) is -1.53. The fourth-order valence-electron chi connectivity index (χ4n) is 2.81. The SMILES string of the molecule is CC(C)(C)n1cccc1C=C1C(=O)NC(=O)N(c2cccc(Cl)c2Cl)C1=O. The normalized spacial score (nSPS) is 16.9. The largest absolute Gasteiger partial charge is 0.343 e. The van der Waals surface area contributed by atoms with Crippen molar-refractivity contribution in [2.75, 3.05) is 4.90 Å². The van der Waals surface area contributed by atoms with E-state index < -0.39 is 17.8 Å². The molecule has 4 amide bonds. The number of imide groups is 2. The summed E-state index contributed by atoms with van der Waals surface area (Å²) in [6.07, 6.45) is 3.31. The van der Waals surface area contributed by atoms with Crippen molar-refractivity contribution < 1.29 is 14.4 Å². The zero-order chi connectivity index (χ0) is 19.9. The number of hydrogen-bond donors (Lipinski definition) is 1. The maximum Gasteiger partial charge on any atom is 0.336 e. The molecule has 2 aromatic rings. The van der Waals surface area contributed by atoms with E-state index in [9.17, 15) is 14.4 Å². The van der Waals surface area contributed by atoms with E-state index in [4.69, 9.17) is 23.2 Å². The predicted molar refractivity (Wildman–Crippen MR) is 105 cm³/mol. The lowest BCUT2D eigenvalue weighted by Gasteiger charge is -2.28. The van der Waals surface area contributed by atoms with Crippen molar-refractivity contribution in [1.29, 1.82) is 0 Å². The quantitative estimate of drug-likeness (QED) is 0.600. The molecule has 1 aliphatic rings. The highest BCUT2D eigenvalue weighted by Gasteiger charge is 2.38. The molecule has 8 heteroatoms. The van der Waals surface area contributed by atoms with E-state index in [1.165, 1.54) is 18.2 Å². The highest BCUT2D eigenvalue weighted by Crippen LogP contribution is 2.34. The zero-order valence-corrected chi connectivity index (χ0v) is 16.4. The first-order valence-electron chi connectivity index (χ1n) is 8.14. The highest BCUT2D eigenvalue weighted by molar-refractivity contribution is 6.46. The molecular formula is C19H17Cl2N3O3. The van der Waals surface area contributed by atoms with Crippen LogP contribution in [0.1, 0.15) is 26.5 Å². The van der Waals surface area contributed by atoms with Gasteiger partial charge in [0.1, 0.15) is 5.57 Å². The molecule has 6 nitrogen and oxygen atoms in total. The van der Waals surface area contributed by atoms with Gasteiger partial charge in [-0.05, 0) is 51.1 Å². The van der Waals surface area contributed by atoms with Gasteiger partial charge in [-0.3, -0.25) is 14.9 Å². The molecule has 0 saturated carbocycles. The van der Waals surface area contributed by atoms with Gasteiger partial charge in [-0.25, -0.2) is 9.69 Å². The van der Waals surface area contributed by atoms with Gasteiger partial charge in [0.05, 0.1) is 15.7 Å². The van der Waals surface area contributed by atoms with Crippen molar-refractivity contribution in [2.24, 2.45) is 0 Å². The summed E-state index contributed by atoms with van der Waals surface area (Å²) < 4.78 is 1.92. The Kier molecular flexibility index (Phi) is 4.88. The second kappa shape index (κ2) is 6.87. The maximum atomic E-state index is 13.0. The Morgan fingerprint density at radius 3 is 2.41 bits per heavy atom. The Bertz CT molecular complexity index is 986. The van der Waals surface area contributed by atoms with Gasteiger partial charge in [0.25, 0.3) is 11.8 Å². The van der Waals surface area contributed by atoms with E-state index in [0.717, 1.165) is 4.90 Å². The van der Waals surface area contributed by atoms with Crippen molar-refractivity contribution in [3.63, 3.8) is 0 Å². The number of amides is 4. The Labute approximate surface area is 166 Å². The van der Waals surface area contributed by atoms with Crippen molar-refractivity contribution in [3.8, 4) is 0 Å².